The Kier molecular flexibility index (Phi) is 8.22. The van der Waals surface area contributed by atoms with Crippen LogP contribution in [0.15, 0.2) is 24.3 Å². The predicted molar refractivity (Wildman–Crippen MR) is 119 cm³/mol. The van der Waals surface area contributed by atoms with Crippen LogP contribution in [0.1, 0.15) is 40.0 Å². The topological polar surface area (TPSA) is 45.2 Å². The molecule has 0 amide bonds. The first-order chi connectivity index (χ1) is 14.0. The fourth-order valence-corrected chi connectivity index (χ4v) is 4.87. The molecule has 2 fully saturated rings. The van der Waals surface area contributed by atoms with Crippen LogP contribution >= 0.6 is 0 Å². The van der Waals surface area contributed by atoms with Crippen molar-refractivity contribution in [1.82, 2.24) is 4.90 Å². The molecule has 1 aliphatic heterocycles. The Hall–Kier alpha value is -1.30. The van der Waals surface area contributed by atoms with Gasteiger partial charge in [-0.25, -0.2) is 0 Å². The minimum Gasteiger partial charge on any atom is -0.497 e. The molecular weight excluding hydrogens is 364 g/mol. The van der Waals surface area contributed by atoms with Gasteiger partial charge in [0.15, 0.2) is 0 Å². The normalized spacial score (nSPS) is 27.2. The van der Waals surface area contributed by atoms with Crippen molar-refractivity contribution in [3.05, 3.63) is 24.3 Å². The Morgan fingerprint density at radius 2 is 1.76 bits per heavy atom. The molecule has 1 aromatic carbocycles. The van der Waals surface area contributed by atoms with Crippen LogP contribution in [0.3, 0.4) is 0 Å². The number of piperazine rings is 1. The average molecular weight is 405 g/mol. The van der Waals surface area contributed by atoms with Crippen molar-refractivity contribution in [3.63, 3.8) is 0 Å². The lowest BCUT2D eigenvalue weighted by Gasteiger charge is -2.39. The molecule has 0 unspecified atom stereocenters. The summed E-state index contributed by atoms with van der Waals surface area (Å²) in [4.78, 5) is 4.76. The first kappa shape index (κ1) is 22.4. The maximum Gasteiger partial charge on any atom is 0.119 e. The molecule has 5 nitrogen and oxygen atoms in total. The molecule has 4 atom stereocenters. The Labute approximate surface area is 177 Å². The van der Waals surface area contributed by atoms with Crippen molar-refractivity contribution in [2.45, 2.75) is 52.2 Å². The second kappa shape index (κ2) is 10.6. The van der Waals surface area contributed by atoms with Gasteiger partial charge in [0.05, 0.1) is 25.9 Å². The van der Waals surface area contributed by atoms with Crippen molar-refractivity contribution < 1.29 is 14.6 Å². The zero-order valence-electron chi connectivity index (χ0n) is 18.7. The highest BCUT2D eigenvalue weighted by atomic mass is 16.5. The number of anilines is 1. The molecular formula is C24H40N2O3. The monoisotopic (exact) mass is 404 g/mol. The first-order valence-electron chi connectivity index (χ1n) is 11.4. The third-order valence-corrected chi connectivity index (χ3v) is 6.74. The molecule has 3 rings (SSSR count). The molecule has 5 heteroatoms. The lowest BCUT2D eigenvalue weighted by molar-refractivity contribution is -0.0740. The fourth-order valence-electron chi connectivity index (χ4n) is 4.87. The van der Waals surface area contributed by atoms with E-state index < -0.39 is 6.10 Å². The van der Waals surface area contributed by atoms with Gasteiger partial charge in [-0.2, -0.15) is 0 Å². The van der Waals surface area contributed by atoms with E-state index in [2.05, 4.69) is 42.7 Å². The number of benzene rings is 1. The predicted octanol–water partition coefficient (Wildman–Crippen LogP) is 3.66. The van der Waals surface area contributed by atoms with Crippen LogP contribution in [0.5, 0.6) is 5.75 Å². The van der Waals surface area contributed by atoms with Gasteiger partial charge in [0.25, 0.3) is 0 Å². The molecule has 1 aliphatic carbocycles. The Balaban J connectivity index is 1.40. The summed E-state index contributed by atoms with van der Waals surface area (Å²) in [6, 6.07) is 8.26. The van der Waals surface area contributed by atoms with E-state index in [0.717, 1.165) is 44.3 Å². The highest BCUT2D eigenvalue weighted by molar-refractivity contribution is 5.49. The number of ether oxygens (including phenoxy) is 2. The number of aliphatic hydroxyl groups excluding tert-OH is 1. The van der Waals surface area contributed by atoms with E-state index in [1.54, 1.807) is 7.11 Å². The van der Waals surface area contributed by atoms with Crippen LogP contribution in [0, 0.1) is 17.8 Å². The van der Waals surface area contributed by atoms with Gasteiger partial charge < -0.3 is 19.5 Å². The van der Waals surface area contributed by atoms with Crippen LogP contribution < -0.4 is 9.64 Å². The van der Waals surface area contributed by atoms with E-state index in [9.17, 15) is 5.11 Å². The lowest BCUT2D eigenvalue weighted by Crippen LogP contribution is -2.49. The smallest absolute Gasteiger partial charge is 0.119 e. The first-order valence-corrected chi connectivity index (χ1v) is 11.4. The van der Waals surface area contributed by atoms with Gasteiger partial charge in [0, 0.05) is 38.4 Å². The minimum absolute atomic E-state index is 0.306. The Morgan fingerprint density at radius 3 is 2.38 bits per heavy atom. The highest BCUT2D eigenvalue weighted by Crippen LogP contribution is 2.35. The molecule has 1 heterocycles. The summed E-state index contributed by atoms with van der Waals surface area (Å²) < 4.78 is 11.5. The standard InChI is InChI=1S/C24H40N2O3/c1-18(2)23-10-5-19(3)15-24(23)29-17-21(27)16-25-11-13-26(14-12-25)20-6-8-22(28-4)9-7-20/h6-9,18-19,21,23-24,27H,5,10-17H2,1-4H3/t19-,21+,23-,24-/m1/s1. The number of hydrogen-bond acceptors (Lipinski definition) is 5. The number of rotatable bonds is 8. The number of nitrogens with zero attached hydrogens (tertiary/aromatic N) is 2. The summed E-state index contributed by atoms with van der Waals surface area (Å²) in [5.41, 5.74) is 1.24. The van der Waals surface area contributed by atoms with Gasteiger partial charge in [0.1, 0.15) is 5.75 Å². The van der Waals surface area contributed by atoms with Gasteiger partial charge in [-0.05, 0) is 54.9 Å². The number of aliphatic hydroxyl groups is 1. The molecule has 0 bridgehead atoms. The molecule has 2 aliphatic rings. The highest BCUT2D eigenvalue weighted by Gasteiger charge is 2.32. The van der Waals surface area contributed by atoms with E-state index in [1.807, 2.05) is 12.1 Å². The molecule has 1 N–H and O–H groups in total. The molecule has 29 heavy (non-hydrogen) atoms. The van der Waals surface area contributed by atoms with Crippen molar-refractivity contribution in [1.29, 1.82) is 0 Å². The van der Waals surface area contributed by atoms with Gasteiger partial charge in [0.2, 0.25) is 0 Å². The van der Waals surface area contributed by atoms with Gasteiger partial charge in [-0.15, -0.1) is 0 Å². The summed E-state index contributed by atoms with van der Waals surface area (Å²) in [6.07, 6.45) is 3.60. The second-order valence-electron chi connectivity index (χ2n) is 9.34. The molecule has 1 saturated carbocycles. The van der Waals surface area contributed by atoms with E-state index in [-0.39, 0.29) is 0 Å². The molecule has 0 spiro atoms. The molecule has 1 aromatic rings. The fraction of sp³-hybridized carbons (Fsp3) is 0.750. The van der Waals surface area contributed by atoms with Crippen LogP contribution in [-0.4, -0.2) is 68.7 Å². The Morgan fingerprint density at radius 1 is 1.07 bits per heavy atom. The van der Waals surface area contributed by atoms with Gasteiger partial charge >= 0.3 is 0 Å². The van der Waals surface area contributed by atoms with Crippen LogP contribution in [0.25, 0.3) is 0 Å². The summed E-state index contributed by atoms with van der Waals surface area (Å²) in [6.45, 7) is 12.0. The van der Waals surface area contributed by atoms with Gasteiger partial charge in [-0.3, -0.25) is 4.90 Å². The average Bonchev–Trinajstić information content (AvgIpc) is 2.73. The molecule has 164 valence electrons. The van der Waals surface area contributed by atoms with Crippen molar-refractivity contribution in [2.24, 2.45) is 17.8 Å². The number of β-amino-alcohol motifs (C(OH)–C–C–N with tert-alkyl or cyclic N) is 1. The van der Waals surface area contributed by atoms with Gasteiger partial charge in [-0.1, -0.05) is 27.2 Å². The number of methoxy groups -OCH3 is 1. The van der Waals surface area contributed by atoms with Crippen LogP contribution in [0.2, 0.25) is 0 Å². The van der Waals surface area contributed by atoms with E-state index in [0.29, 0.717) is 31.1 Å². The summed E-state index contributed by atoms with van der Waals surface area (Å²) in [7, 11) is 1.70. The summed E-state index contributed by atoms with van der Waals surface area (Å²) in [5.74, 6) is 2.91. The zero-order chi connectivity index (χ0) is 20.8. The SMILES string of the molecule is COc1ccc(N2CCN(C[C@H](O)CO[C@@H]3C[C@H](C)CC[C@@H]3C(C)C)CC2)cc1. The lowest BCUT2D eigenvalue weighted by atomic mass is 9.75. The van der Waals surface area contributed by atoms with Crippen LogP contribution in [-0.2, 0) is 4.74 Å². The second-order valence-corrected chi connectivity index (χ2v) is 9.34. The van der Waals surface area contributed by atoms with E-state index in [4.69, 9.17) is 9.47 Å². The summed E-state index contributed by atoms with van der Waals surface area (Å²) in [5, 5.41) is 10.6. The minimum atomic E-state index is -0.410. The van der Waals surface area contributed by atoms with Crippen molar-refractivity contribution in [3.8, 4) is 5.75 Å². The van der Waals surface area contributed by atoms with E-state index in [1.165, 1.54) is 18.5 Å². The third kappa shape index (κ3) is 6.34. The van der Waals surface area contributed by atoms with Crippen LogP contribution in [0.4, 0.5) is 5.69 Å². The van der Waals surface area contributed by atoms with Crippen molar-refractivity contribution in [2.75, 3.05) is 51.3 Å². The molecule has 1 saturated heterocycles. The zero-order valence-corrected chi connectivity index (χ0v) is 18.7. The number of hydrogen-bond donors (Lipinski definition) is 1. The third-order valence-electron chi connectivity index (χ3n) is 6.74. The molecule has 0 aromatic heterocycles. The largest absolute Gasteiger partial charge is 0.497 e. The van der Waals surface area contributed by atoms with E-state index >= 15 is 0 Å². The summed E-state index contributed by atoms with van der Waals surface area (Å²) >= 11 is 0. The maximum atomic E-state index is 10.6. The Bertz CT molecular complexity index is 599. The van der Waals surface area contributed by atoms with Crippen molar-refractivity contribution >= 4 is 5.69 Å². The maximum absolute atomic E-state index is 10.6. The quantitative estimate of drug-likeness (QED) is 0.716. The molecule has 0 radical (unpaired) electrons.